The molecule has 2 aliphatic rings. The summed E-state index contributed by atoms with van der Waals surface area (Å²) in [5.74, 6) is 0. The normalized spacial score (nSPS) is 28.2. The van der Waals surface area contributed by atoms with E-state index in [0.717, 1.165) is 32.2 Å². The van der Waals surface area contributed by atoms with Gasteiger partial charge in [-0.1, -0.05) is 6.92 Å². The van der Waals surface area contributed by atoms with Crippen molar-refractivity contribution in [2.75, 3.05) is 26.7 Å². The molecule has 4 nitrogen and oxygen atoms in total. The molecule has 1 aromatic rings. The Morgan fingerprint density at radius 3 is 3.06 bits per heavy atom. The molecular weight excluding hydrogens is 224 g/mol. The van der Waals surface area contributed by atoms with E-state index >= 15 is 0 Å². The lowest BCUT2D eigenvalue weighted by Crippen LogP contribution is -2.30. The summed E-state index contributed by atoms with van der Waals surface area (Å²) in [5.41, 5.74) is 1.67. The molecule has 0 bridgehead atoms. The van der Waals surface area contributed by atoms with Crippen molar-refractivity contribution in [3.63, 3.8) is 0 Å². The molecule has 4 heteroatoms. The number of aromatic nitrogens is 2. The Kier molecular flexibility index (Phi) is 3.16. The second kappa shape index (κ2) is 4.67. The van der Waals surface area contributed by atoms with Gasteiger partial charge in [-0.15, -0.1) is 0 Å². The van der Waals surface area contributed by atoms with Crippen molar-refractivity contribution < 1.29 is 0 Å². The van der Waals surface area contributed by atoms with Crippen molar-refractivity contribution in [2.45, 2.75) is 44.2 Å². The maximum absolute atomic E-state index is 4.37. The summed E-state index contributed by atoms with van der Waals surface area (Å²) < 4.78 is 2.35. The number of nitrogens with zero attached hydrogens (tertiary/aromatic N) is 3. The standard InChI is InChI=1S/C14H24N4/c1-14(5-6-15-10-14)13-9-16-11-18(13)8-7-17(2)12-3-4-12/h9,11-12,15H,3-8,10H2,1-2H3. The first-order valence-electron chi connectivity index (χ1n) is 7.11. The van der Waals surface area contributed by atoms with Crippen molar-refractivity contribution in [3.8, 4) is 0 Å². The number of likely N-dealkylation sites (N-methyl/N-ethyl adjacent to an activating group) is 1. The monoisotopic (exact) mass is 248 g/mol. The molecule has 1 saturated heterocycles. The van der Waals surface area contributed by atoms with Gasteiger partial charge in [-0.05, 0) is 32.9 Å². The summed E-state index contributed by atoms with van der Waals surface area (Å²) in [4.78, 5) is 6.85. The van der Waals surface area contributed by atoms with Crippen LogP contribution in [-0.4, -0.2) is 47.2 Å². The number of hydrogen-bond donors (Lipinski definition) is 1. The van der Waals surface area contributed by atoms with Gasteiger partial charge in [-0.2, -0.15) is 0 Å². The third-order valence-corrected chi connectivity index (χ3v) is 4.56. The number of nitrogens with one attached hydrogen (secondary N) is 1. The van der Waals surface area contributed by atoms with Gasteiger partial charge >= 0.3 is 0 Å². The molecule has 1 aliphatic heterocycles. The minimum absolute atomic E-state index is 0.272. The smallest absolute Gasteiger partial charge is 0.0948 e. The fourth-order valence-corrected chi connectivity index (χ4v) is 3.00. The highest BCUT2D eigenvalue weighted by molar-refractivity contribution is 5.17. The predicted octanol–water partition coefficient (Wildman–Crippen LogP) is 1.23. The van der Waals surface area contributed by atoms with E-state index in [-0.39, 0.29) is 5.41 Å². The minimum Gasteiger partial charge on any atom is -0.333 e. The van der Waals surface area contributed by atoms with Gasteiger partial charge in [0.2, 0.25) is 0 Å². The van der Waals surface area contributed by atoms with Gasteiger partial charge in [-0.3, -0.25) is 0 Å². The van der Waals surface area contributed by atoms with Crippen molar-refractivity contribution in [3.05, 3.63) is 18.2 Å². The van der Waals surface area contributed by atoms with Crippen LogP contribution in [0.5, 0.6) is 0 Å². The first-order valence-corrected chi connectivity index (χ1v) is 7.11. The summed E-state index contributed by atoms with van der Waals surface area (Å²) in [7, 11) is 2.24. The van der Waals surface area contributed by atoms with Gasteiger partial charge < -0.3 is 14.8 Å². The zero-order valence-electron chi connectivity index (χ0n) is 11.5. The molecule has 3 rings (SSSR count). The van der Waals surface area contributed by atoms with Crippen LogP contribution in [0.25, 0.3) is 0 Å². The number of imidazole rings is 1. The Hall–Kier alpha value is -0.870. The topological polar surface area (TPSA) is 33.1 Å². The Balaban J connectivity index is 1.67. The van der Waals surface area contributed by atoms with Crippen LogP contribution in [0, 0.1) is 0 Å². The molecule has 1 N–H and O–H groups in total. The van der Waals surface area contributed by atoms with Gasteiger partial charge in [-0.25, -0.2) is 4.98 Å². The highest BCUT2D eigenvalue weighted by Gasteiger charge is 2.33. The molecule has 1 atom stereocenters. The quantitative estimate of drug-likeness (QED) is 0.851. The van der Waals surface area contributed by atoms with Crippen molar-refractivity contribution in [1.82, 2.24) is 19.8 Å². The molecule has 1 saturated carbocycles. The lowest BCUT2D eigenvalue weighted by atomic mass is 9.86. The molecule has 100 valence electrons. The van der Waals surface area contributed by atoms with E-state index in [9.17, 15) is 0 Å². The average molecular weight is 248 g/mol. The first kappa shape index (κ1) is 12.2. The summed E-state index contributed by atoms with van der Waals surface area (Å²) in [5, 5.41) is 3.47. The lowest BCUT2D eigenvalue weighted by molar-refractivity contribution is 0.304. The van der Waals surface area contributed by atoms with Crippen LogP contribution in [0.15, 0.2) is 12.5 Å². The van der Waals surface area contributed by atoms with E-state index in [1.165, 1.54) is 25.0 Å². The van der Waals surface area contributed by atoms with Crippen LogP contribution < -0.4 is 5.32 Å². The zero-order valence-corrected chi connectivity index (χ0v) is 11.5. The van der Waals surface area contributed by atoms with Gasteiger partial charge in [0.05, 0.1) is 6.33 Å². The number of rotatable bonds is 5. The molecule has 0 spiro atoms. The van der Waals surface area contributed by atoms with E-state index in [1.807, 2.05) is 6.33 Å². The maximum Gasteiger partial charge on any atom is 0.0948 e. The van der Waals surface area contributed by atoms with Gasteiger partial charge in [0, 0.05) is 43.0 Å². The third kappa shape index (κ3) is 2.31. The SMILES string of the molecule is CN(CCn1cncc1C1(C)CCNC1)C1CC1. The van der Waals surface area contributed by atoms with E-state index in [4.69, 9.17) is 0 Å². The Bertz CT molecular complexity index is 402. The average Bonchev–Trinajstić information content (AvgIpc) is 2.94. The summed E-state index contributed by atoms with van der Waals surface area (Å²) in [6.07, 6.45) is 8.05. The third-order valence-electron chi connectivity index (χ3n) is 4.56. The maximum atomic E-state index is 4.37. The summed E-state index contributed by atoms with van der Waals surface area (Å²) >= 11 is 0. The van der Waals surface area contributed by atoms with Crippen LogP contribution in [0.2, 0.25) is 0 Å². The second-order valence-corrected chi connectivity index (χ2v) is 6.17. The van der Waals surface area contributed by atoms with Crippen molar-refractivity contribution >= 4 is 0 Å². The Labute approximate surface area is 109 Å². The van der Waals surface area contributed by atoms with E-state index in [0.29, 0.717) is 0 Å². The van der Waals surface area contributed by atoms with Crippen molar-refractivity contribution in [1.29, 1.82) is 0 Å². The molecule has 0 amide bonds. The van der Waals surface area contributed by atoms with Gasteiger partial charge in [0.1, 0.15) is 0 Å². The Morgan fingerprint density at radius 1 is 1.56 bits per heavy atom. The van der Waals surface area contributed by atoms with Crippen LogP contribution in [0.3, 0.4) is 0 Å². The van der Waals surface area contributed by atoms with E-state index < -0.39 is 0 Å². The van der Waals surface area contributed by atoms with Crippen LogP contribution >= 0.6 is 0 Å². The predicted molar refractivity (Wildman–Crippen MR) is 72.7 cm³/mol. The fraction of sp³-hybridized carbons (Fsp3) is 0.786. The Morgan fingerprint density at radius 2 is 2.39 bits per heavy atom. The molecule has 1 aliphatic carbocycles. The zero-order chi connectivity index (χ0) is 12.6. The summed E-state index contributed by atoms with van der Waals surface area (Å²) in [6, 6.07) is 0.848. The van der Waals surface area contributed by atoms with Crippen LogP contribution in [-0.2, 0) is 12.0 Å². The lowest BCUT2D eigenvalue weighted by Gasteiger charge is -2.25. The molecule has 0 aromatic carbocycles. The van der Waals surface area contributed by atoms with Crippen LogP contribution in [0.4, 0.5) is 0 Å². The molecule has 1 aromatic heterocycles. The second-order valence-electron chi connectivity index (χ2n) is 6.17. The van der Waals surface area contributed by atoms with Crippen LogP contribution in [0.1, 0.15) is 31.9 Å². The minimum atomic E-state index is 0.272. The fourth-order valence-electron chi connectivity index (χ4n) is 3.00. The molecule has 18 heavy (non-hydrogen) atoms. The van der Waals surface area contributed by atoms with E-state index in [2.05, 4.69) is 39.9 Å². The highest BCUT2D eigenvalue weighted by atomic mass is 15.2. The van der Waals surface area contributed by atoms with E-state index in [1.54, 1.807) is 0 Å². The van der Waals surface area contributed by atoms with Gasteiger partial charge in [0.15, 0.2) is 0 Å². The summed E-state index contributed by atoms with van der Waals surface area (Å²) in [6.45, 7) is 6.77. The largest absolute Gasteiger partial charge is 0.333 e. The van der Waals surface area contributed by atoms with Gasteiger partial charge in [0.25, 0.3) is 0 Å². The molecule has 1 unspecified atom stereocenters. The molecule has 0 radical (unpaired) electrons. The van der Waals surface area contributed by atoms with Crippen molar-refractivity contribution in [2.24, 2.45) is 0 Å². The number of hydrogen-bond acceptors (Lipinski definition) is 3. The molecule has 2 heterocycles. The highest BCUT2D eigenvalue weighted by Crippen LogP contribution is 2.30. The molecular formula is C14H24N4. The molecule has 2 fully saturated rings. The first-order chi connectivity index (χ1) is 8.69.